The minimum Gasteiger partial charge on any atom is -0.428 e. The van der Waals surface area contributed by atoms with Crippen LogP contribution in [-0.4, -0.2) is 24.1 Å². The van der Waals surface area contributed by atoms with E-state index in [1.807, 2.05) is 0 Å². The van der Waals surface area contributed by atoms with Crippen molar-refractivity contribution in [3.63, 3.8) is 0 Å². The second-order valence-corrected chi connectivity index (χ2v) is 4.78. The van der Waals surface area contributed by atoms with Gasteiger partial charge < -0.3 is 15.1 Å². The zero-order chi connectivity index (χ0) is 10.8. The fourth-order valence-electron chi connectivity index (χ4n) is 2.56. The molecule has 1 atom stereocenters. The maximum Gasteiger partial charge on any atom is 0.295 e. The molecule has 4 heteroatoms. The molecule has 0 saturated carbocycles. The Hall–Kier alpha value is -1.03. The average molecular weight is 221 g/mol. The topological polar surface area (TPSA) is 50.1 Å². The first-order chi connectivity index (χ1) is 7.92. The van der Waals surface area contributed by atoms with Gasteiger partial charge in [-0.05, 0) is 38.6 Å². The summed E-state index contributed by atoms with van der Waals surface area (Å²) in [5, 5.41) is 6.78. The van der Waals surface area contributed by atoms with Gasteiger partial charge in [0.05, 0.1) is 5.69 Å². The summed E-state index contributed by atoms with van der Waals surface area (Å²) < 4.78 is 5.76. The largest absolute Gasteiger partial charge is 0.428 e. The average Bonchev–Trinajstić information content (AvgIpc) is 2.72. The van der Waals surface area contributed by atoms with Crippen LogP contribution in [0, 0.1) is 0 Å². The Labute approximate surface area is 95.8 Å². The Morgan fingerprint density at radius 3 is 3.00 bits per heavy atom. The number of piperidine rings is 1. The quantitative estimate of drug-likeness (QED) is 0.798. The van der Waals surface area contributed by atoms with Crippen molar-refractivity contribution in [1.29, 1.82) is 0 Å². The SMILES string of the molecule is C1CCc2oc(NC3CCCNC3)nc2C1. The zero-order valence-electron chi connectivity index (χ0n) is 9.59. The Balaban J connectivity index is 1.67. The highest BCUT2D eigenvalue weighted by molar-refractivity contribution is 5.28. The number of aromatic nitrogens is 1. The third kappa shape index (κ3) is 2.07. The first kappa shape index (κ1) is 10.1. The number of nitrogens with one attached hydrogen (secondary N) is 2. The van der Waals surface area contributed by atoms with E-state index in [-0.39, 0.29) is 0 Å². The molecule has 1 aliphatic carbocycles. The molecule has 16 heavy (non-hydrogen) atoms. The number of hydrogen-bond acceptors (Lipinski definition) is 4. The van der Waals surface area contributed by atoms with E-state index < -0.39 is 0 Å². The van der Waals surface area contributed by atoms with Crippen LogP contribution < -0.4 is 10.6 Å². The van der Waals surface area contributed by atoms with Crippen molar-refractivity contribution < 1.29 is 4.42 Å². The lowest BCUT2D eigenvalue weighted by Crippen LogP contribution is -2.38. The number of anilines is 1. The van der Waals surface area contributed by atoms with Crippen molar-refractivity contribution in [1.82, 2.24) is 10.3 Å². The highest BCUT2D eigenvalue weighted by atomic mass is 16.4. The van der Waals surface area contributed by atoms with E-state index in [2.05, 4.69) is 15.6 Å². The molecule has 1 fully saturated rings. The maximum atomic E-state index is 5.76. The first-order valence-corrected chi connectivity index (χ1v) is 6.37. The molecule has 1 aliphatic heterocycles. The molecular formula is C12H19N3O. The molecule has 2 aliphatic rings. The Bertz CT molecular complexity index is 332. The normalized spacial score (nSPS) is 25.1. The minimum atomic E-state index is 0.480. The van der Waals surface area contributed by atoms with E-state index >= 15 is 0 Å². The summed E-state index contributed by atoms with van der Waals surface area (Å²) >= 11 is 0. The number of hydrogen-bond donors (Lipinski definition) is 2. The minimum absolute atomic E-state index is 0.480. The van der Waals surface area contributed by atoms with Crippen molar-refractivity contribution >= 4 is 6.01 Å². The van der Waals surface area contributed by atoms with Crippen molar-refractivity contribution in [3.8, 4) is 0 Å². The molecule has 0 spiro atoms. The van der Waals surface area contributed by atoms with Crippen LogP contribution in [0.15, 0.2) is 4.42 Å². The second kappa shape index (κ2) is 4.45. The number of fused-ring (bicyclic) bond motifs is 1. The fourth-order valence-corrected chi connectivity index (χ4v) is 2.56. The second-order valence-electron chi connectivity index (χ2n) is 4.78. The number of rotatable bonds is 2. The third-order valence-electron chi connectivity index (χ3n) is 3.47. The molecule has 2 heterocycles. The summed E-state index contributed by atoms with van der Waals surface area (Å²) in [5.74, 6) is 1.11. The van der Waals surface area contributed by atoms with Gasteiger partial charge in [0.25, 0.3) is 6.01 Å². The van der Waals surface area contributed by atoms with Gasteiger partial charge in [-0.15, -0.1) is 0 Å². The smallest absolute Gasteiger partial charge is 0.295 e. The van der Waals surface area contributed by atoms with Gasteiger partial charge in [-0.2, -0.15) is 4.98 Å². The molecule has 0 radical (unpaired) electrons. The summed E-state index contributed by atoms with van der Waals surface area (Å²) in [4.78, 5) is 4.54. The fraction of sp³-hybridized carbons (Fsp3) is 0.750. The number of aryl methyl sites for hydroxylation is 2. The Morgan fingerprint density at radius 1 is 1.25 bits per heavy atom. The van der Waals surface area contributed by atoms with Gasteiger partial charge in [-0.1, -0.05) is 0 Å². The number of oxazole rings is 1. The van der Waals surface area contributed by atoms with Gasteiger partial charge >= 0.3 is 0 Å². The highest BCUT2D eigenvalue weighted by Crippen LogP contribution is 2.24. The van der Waals surface area contributed by atoms with Crippen LogP contribution in [0.25, 0.3) is 0 Å². The van der Waals surface area contributed by atoms with Crippen molar-refractivity contribution in [2.45, 2.75) is 44.6 Å². The van der Waals surface area contributed by atoms with E-state index in [0.717, 1.165) is 37.7 Å². The molecule has 3 rings (SSSR count). The molecule has 1 aromatic rings. The van der Waals surface area contributed by atoms with E-state index in [1.54, 1.807) is 0 Å². The van der Waals surface area contributed by atoms with Gasteiger partial charge in [0.2, 0.25) is 0 Å². The monoisotopic (exact) mass is 221 g/mol. The summed E-state index contributed by atoms with van der Waals surface area (Å²) in [7, 11) is 0. The van der Waals surface area contributed by atoms with Gasteiger partial charge in [-0.25, -0.2) is 0 Å². The van der Waals surface area contributed by atoms with Crippen LogP contribution in [0.4, 0.5) is 6.01 Å². The van der Waals surface area contributed by atoms with Crippen LogP contribution in [-0.2, 0) is 12.8 Å². The van der Waals surface area contributed by atoms with Crippen LogP contribution in [0.2, 0.25) is 0 Å². The predicted molar refractivity (Wildman–Crippen MR) is 62.7 cm³/mol. The first-order valence-electron chi connectivity index (χ1n) is 6.37. The highest BCUT2D eigenvalue weighted by Gasteiger charge is 2.19. The van der Waals surface area contributed by atoms with Crippen LogP contribution in [0.3, 0.4) is 0 Å². The van der Waals surface area contributed by atoms with Crippen molar-refractivity contribution in [2.24, 2.45) is 0 Å². The maximum absolute atomic E-state index is 5.76. The summed E-state index contributed by atoms with van der Waals surface area (Å²) in [6.07, 6.45) is 7.09. The van der Waals surface area contributed by atoms with E-state index in [4.69, 9.17) is 4.42 Å². The van der Waals surface area contributed by atoms with Crippen molar-refractivity contribution in [2.75, 3.05) is 18.4 Å². The van der Waals surface area contributed by atoms with E-state index in [0.29, 0.717) is 6.04 Å². The summed E-state index contributed by atoms with van der Waals surface area (Å²) in [6, 6.07) is 1.22. The molecule has 1 saturated heterocycles. The molecule has 2 N–H and O–H groups in total. The molecule has 0 aromatic carbocycles. The van der Waals surface area contributed by atoms with Gasteiger partial charge in [0.1, 0.15) is 5.76 Å². The predicted octanol–water partition coefficient (Wildman–Crippen LogP) is 1.72. The lowest BCUT2D eigenvalue weighted by atomic mass is 10.0. The van der Waals surface area contributed by atoms with Crippen LogP contribution in [0.1, 0.15) is 37.1 Å². The molecule has 0 bridgehead atoms. The standard InChI is InChI=1S/C12H19N3O/c1-2-6-11-10(5-1)15-12(16-11)14-9-4-3-7-13-8-9/h9,13H,1-8H2,(H,14,15). The lowest BCUT2D eigenvalue weighted by molar-refractivity contribution is 0.449. The Kier molecular flexibility index (Phi) is 2.82. The van der Waals surface area contributed by atoms with Gasteiger partial charge in [0, 0.05) is 19.0 Å². The van der Waals surface area contributed by atoms with Crippen molar-refractivity contribution in [3.05, 3.63) is 11.5 Å². The third-order valence-corrected chi connectivity index (χ3v) is 3.47. The molecular weight excluding hydrogens is 202 g/mol. The van der Waals surface area contributed by atoms with Crippen LogP contribution in [0.5, 0.6) is 0 Å². The molecule has 0 amide bonds. The van der Waals surface area contributed by atoms with Crippen LogP contribution >= 0.6 is 0 Å². The molecule has 1 aromatic heterocycles. The lowest BCUT2D eigenvalue weighted by Gasteiger charge is -2.22. The summed E-state index contributed by atoms with van der Waals surface area (Å²) in [6.45, 7) is 2.16. The van der Waals surface area contributed by atoms with Gasteiger partial charge in [0.15, 0.2) is 0 Å². The molecule has 88 valence electrons. The molecule has 4 nitrogen and oxygen atoms in total. The number of nitrogens with zero attached hydrogens (tertiary/aromatic N) is 1. The van der Waals surface area contributed by atoms with E-state index in [1.165, 1.54) is 31.4 Å². The summed E-state index contributed by atoms with van der Waals surface area (Å²) in [5.41, 5.74) is 1.18. The van der Waals surface area contributed by atoms with E-state index in [9.17, 15) is 0 Å². The van der Waals surface area contributed by atoms with Gasteiger partial charge in [-0.3, -0.25) is 0 Å². The Morgan fingerprint density at radius 2 is 2.19 bits per heavy atom. The zero-order valence-corrected chi connectivity index (χ0v) is 9.59. The molecule has 1 unspecified atom stereocenters.